The lowest BCUT2D eigenvalue weighted by Gasteiger charge is -2.37. The number of carbonyl (C=O) groups excluding carboxylic acids is 1. The van der Waals surface area contributed by atoms with Crippen LogP contribution < -0.4 is 5.48 Å². The van der Waals surface area contributed by atoms with Crippen LogP contribution in [0.5, 0.6) is 0 Å². The standard InChI is InChI=1S/C15H21N3O4/c1-11-3-2-4-12(9-11)14(15(20)21)18-7-5-17(6-8-18)10-13(19)16-22/h2-4,9,14,22H,5-8,10H2,1H3,(H,16,19)(H,20,21). The summed E-state index contributed by atoms with van der Waals surface area (Å²) in [6.07, 6.45) is 0. The molecule has 1 aliphatic heterocycles. The predicted octanol–water partition coefficient (Wildman–Crippen LogP) is 0.244. The first kappa shape index (κ1) is 16.4. The fourth-order valence-electron chi connectivity index (χ4n) is 2.77. The van der Waals surface area contributed by atoms with Crippen LogP contribution in [0.1, 0.15) is 17.2 Å². The van der Waals surface area contributed by atoms with Gasteiger partial charge in [0.25, 0.3) is 5.91 Å². The zero-order chi connectivity index (χ0) is 16.1. The number of hydrogen-bond acceptors (Lipinski definition) is 5. The minimum absolute atomic E-state index is 0.118. The lowest BCUT2D eigenvalue weighted by Crippen LogP contribution is -2.51. The average molecular weight is 307 g/mol. The Kier molecular flexibility index (Phi) is 5.48. The quantitative estimate of drug-likeness (QED) is 0.533. The van der Waals surface area contributed by atoms with Crippen LogP contribution in [-0.4, -0.2) is 64.7 Å². The van der Waals surface area contributed by atoms with Gasteiger partial charge in [-0.05, 0) is 12.5 Å². The number of piperazine rings is 1. The Morgan fingerprint density at radius 3 is 2.50 bits per heavy atom. The summed E-state index contributed by atoms with van der Waals surface area (Å²) in [5.74, 6) is -1.32. The highest BCUT2D eigenvalue weighted by molar-refractivity contribution is 5.77. The zero-order valence-corrected chi connectivity index (χ0v) is 12.5. The number of amides is 1. The molecule has 7 heteroatoms. The van der Waals surface area contributed by atoms with E-state index in [9.17, 15) is 14.7 Å². The largest absolute Gasteiger partial charge is 0.480 e. The van der Waals surface area contributed by atoms with Crippen molar-refractivity contribution in [3.05, 3.63) is 35.4 Å². The third-order valence-corrected chi connectivity index (χ3v) is 3.86. The summed E-state index contributed by atoms with van der Waals surface area (Å²) in [6.45, 7) is 4.35. The van der Waals surface area contributed by atoms with Crippen LogP contribution in [-0.2, 0) is 9.59 Å². The second-order valence-electron chi connectivity index (χ2n) is 5.50. The number of carbonyl (C=O) groups is 2. The van der Waals surface area contributed by atoms with Gasteiger partial charge in [0.2, 0.25) is 0 Å². The van der Waals surface area contributed by atoms with Crippen molar-refractivity contribution in [3.63, 3.8) is 0 Å². The van der Waals surface area contributed by atoms with E-state index in [1.165, 1.54) is 0 Å². The van der Waals surface area contributed by atoms with Crippen LogP contribution in [0.3, 0.4) is 0 Å². The summed E-state index contributed by atoms with van der Waals surface area (Å²) in [5, 5.41) is 18.1. The number of aryl methyl sites for hydroxylation is 1. The van der Waals surface area contributed by atoms with E-state index >= 15 is 0 Å². The molecule has 1 fully saturated rings. The molecular formula is C15H21N3O4. The van der Waals surface area contributed by atoms with Crippen LogP contribution in [0.15, 0.2) is 24.3 Å². The molecule has 1 atom stereocenters. The molecule has 0 aromatic heterocycles. The molecule has 1 unspecified atom stereocenters. The van der Waals surface area contributed by atoms with E-state index in [0.29, 0.717) is 26.2 Å². The highest BCUT2D eigenvalue weighted by atomic mass is 16.5. The average Bonchev–Trinajstić information content (AvgIpc) is 2.49. The topological polar surface area (TPSA) is 93.1 Å². The number of nitrogens with one attached hydrogen (secondary N) is 1. The van der Waals surface area contributed by atoms with Crippen molar-refractivity contribution in [2.75, 3.05) is 32.7 Å². The van der Waals surface area contributed by atoms with Crippen LogP contribution in [0.4, 0.5) is 0 Å². The molecule has 120 valence electrons. The predicted molar refractivity (Wildman–Crippen MR) is 79.5 cm³/mol. The maximum Gasteiger partial charge on any atom is 0.325 e. The van der Waals surface area contributed by atoms with Crippen LogP contribution in [0.25, 0.3) is 0 Å². The maximum absolute atomic E-state index is 11.7. The molecule has 1 aliphatic rings. The first-order chi connectivity index (χ1) is 10.5. The molecule has 2 rings (SSSR count). The van der Waals surface area contributed by atoms with E-state index in [2.05, 4.69) is 0 Å². The van der Waals surface area contributed by atoms with Crippen molar-refractivity contribution in [3.8, 4) is 0 Å². The van der Waals surface area contributed by atoms with E-state index in [4.69, 9.17) is 5.21 Å². The second-order valence-corrected chi connectivity index (χ2v) is 5.50. The van der Waals surface area contributed by atoms with E-state index in [-0.39, 0.29) is 6.54 Å². The molecule has 1 amide bonds. The van der Waals surface area contributed by atoms with Crippen LogP contribution in [0, 0.1) is 6.92 Å². The van der Waals surface area contributed by atoms with Gasteiger partial charge in [-0.2, -0.15) is 0 Å². The van der Waals surface area contributed by atoms with Gasteiger partial charge in [0.15, 0.2) is 0 Å². The maximum atomic E-state index is 11.7. The smallest absolute Gasteiger partial charge is 0.325 e. The number of benzene rings is 1. The van der Waals surface area contributed by atoms with Gasteiger partial charge >= 0.3 is 5.97 Å². The Bertz CT molecular complexity index is 541. The highest BCUT2D eigenvalue weighted by Crippen LogP contribution is 2.23. The lowest BCUT2D eigenvalue weighted by atomic mass is 10.0. The summed E-state index contributed by atoms with van der Waals surface area (Å²) >= 11 is 0. The van der Waals surface area contributed by atoms with E-state index in [1.54, 1.807) is 5.48 Å². The molecule has 0 aliphatic carbocycles. The number of rotatable bonds is 5. The Morgan fingerprint density at radius 2 is 1.95 bits per heavy atom. The monoisotopic (exact) mass is 307 g/mol. The molecule has 0 bridgehead atoms. The first-order valence-electron chi connectivity index (χ1n) is 7.20. The Hall–Kier alpha value is -1.96. The van der Waals surface area contributed by atoms with Gasteiger partial charge < -0.3 is 5.11 Å². The van der Waals surface area contributed by atoms with Crippen LogP contribution in [0.2, 0.25) is 0 Å². The number of nitrogens with zero attached hydrogens (tertiary/aromatic N) is 2. The highest BCUT2D eigenvalue weighted by Gasteiger charge is 2.30. The SMILES string of the molecule is Cc1cccc(C(C(=O)O)N2CCN(CC(=O)NO)CC2)c1. The van der Waals surface area contributed by atoms with Crippen molar-refractivity contribution in [1.82, 2.24) is 15.3 Å². The molecule has 0 saturated carbocycles. The molecule has 1 saturated heterocycles. The lowest BCUT2D eigenvalue weighted by molar-refractivity contribution is -0.145. The van der Waals surface area contributed by atoms with E-state index in [0.717, 1.165) is 11.1 Å². The van der Waals surface area contributed by atoms with Gasteiger partial charge in [0.05, 0.1) is 6.54 Å². The van der Waals surface area contributed by atoms with E-state index in [1.807, 2.05) is 41.0 Å². The number of carboxylic acids is 1. The van der Waals surface area contributed by atoms with Crippen molar-refractivity contribution in [2.24, 2.45) is 0 Å². The number of hydroxylamine groups is 1. The molecule has 0 spiro atoms. The zero-order valence-electron chi connectivity index (χ0n) is 12.5. The van der Waals surface area contributed by atoms with Crippen molar-refractivity contribution in [1.29, 1.82) is 0 Å². The molecule has 1 aromatic rings. The molecule has 22 heavy (non-hydrogen) atoms. The van der Waals surface area contributed by atoms with E-state index < -0.39 is 17.9 Å². The number of carboxylic acid groups (broad SMARTS) is 1. The normalized spacial score (nSPS) is 17.9. The van der Waals surface area contributed by atoms with Gasteiger partial charge in [0.1, 0.15) is 6.04 Å². The minimum atomic E-state index is -0.868. The van der Waals surface area contributed by atoms with Gasteiger partial charge in [0, 0.05) is 26.2 Å². The fourth-order valence-corrected chi connectivity index (χ4v) is 2.77. The fraction of sp³-hybridized carbons (Fsp3) is 0.467. The summed E-state index contributed by atoms with van der Waals surface area (Å²) in [4.78, 5) is 26.6. The van der Waals surface area contributed by atoms with Crippen molar-refractivity contribution >= 4 is 11.9 Å². The Balaban J connectivity index is 2.03. The van der Waals surface area contributed by atoms with Crippen molar-refractivity contribution in [2.45, 2.75) is 13.0 Å². The molecule has 1 heterocycles. The van der Waals surface area contributed by atoms with Crippen molar-refractivity contribution < 1.29 is 19.9 Å². The first-order valence-corrected chi connectivity index (χ1v) is 7.20. The summed E-state index contributed by atoms with van der Waals surface area (Å²) in [5.41, 5.74) is 3.41. The number of aliphatic carboxylic acids is 1. The van der Waals surface area contributed by atoms with Gasteiger partial charge in [-0.15, -0.1) is 0 Å². The minimum Gasteiger partial charge on any atom is -0.480 e. The summed E-state index contributed by atoms with van der Waals surface area (Å²) < 4.78 is 0. The summed E-state index contributed by atoms with van der Waals surface area (Å²) in [7, 11) is 0. The Labute approximate surface area is 129 Å². The third kappa shape index (κ3) is 4.03. The third-order valence-electron chi connectivity index (χ3n) is 3.86. The number of hydrogen-bond donors (Lipinski definition) is 3. The molecular weight excluding hydrogens is 286 g/mol. The second kappa shape index (κ2) is 7.35. The molecule has 1 aromatic carbocycles. The van der Waals surface area contributed by atoms with Gasteiger partial charge in [-0.25, -0.2) is 5.48 Å². The van der Waals surface area contributed by atoms with Gasteiger partial charge in [-0.1, -0.05) is 29.8 Å². The van der Waals surface area contributed by atoms with Crippen LogP contribution >= 0.6 is 0 Å². The summed E-state index contributed by atoms with van der Waals surface area (Å²) in [6, 6.07) is 6.85. The molecule has 3 N–H and O–H groups in total. The van der Waals surface area contributed by atoms with Gasteiger partial charge in [-0.3, -0.25) is 24.6 Å². The molecule has 0 radical (unpaired) electrons. The molecule has 7 nitrogen and oxygen atoms in total. The Morgan fingerprint density at radius 1 is 1.27 bits per heavy atom.